The number of ether oxygens (including phenoxy) is 1. The number of carboxylic acids is 1. The van der Waals surface area contributed by atoms with E-state index in [4.69, 9.17) is 5.11 Å². The maximum absolute atomic E-state index is 12.4. The van der Waals surface area contributed by atoms with Gasteiger partial charge in [0.05, 0.1) is 13.0 Å². The summed E-state index contributed by atoms with van der Waals surface area (Å²) in [6.45, 7) is 0.0996. The largest absolute Gasteiger partial charge is 0.480 e. The Morgan fingerprint density at radius 2 is 2.10 bits per heavy atom. The van der Waals surface area contributed by atoms with Crippen molar-refractivity contribution in [3.05, 3.63) is 0 Å². The molecule has 2 N–H and O–H groups in total. The average Bonchev–Trinajstić information content (AvgIpc) is 2.95. The van der Waals surface area contributed by atoms with Crippen LogP contribution in [0.4, 0.5) is 4.79 Å². The van der Waals surface area contributed by atoms with Crippen LogP contribution in [-0.2, 0) is 19.1 Å². The monoisotopic (exact) mass is 299 g/mol. The first-order valence-electron chi connectivity index (χ1n) is 6.57. The van der Waals surface area contributed by atoms with Crippen molar-refractivity contribution in [3.8, 4) is 0 Å². The Kier molecular flexibility index (Phi) is 4.29. The molecule has 0 aliphatic carbocycles. The zero-order chi connectivity index (χ0) is 15.6. The van der Waals surface area contributed by atoms with Gasteiger partial charge in [0.2, 0.25) is 5.91 Å². The minimum atomic E-state index is -1.17. The summed E-state index contributed by atoms with van der Waals surface area (Å²) in [5, 5.41) is 11.5. The molecule has 0 aromatic heterocycles. The number of likely N-dealkylation sites (tertiary alicyclic amines) is 1. The number of aliphatic carboxylic acids is 1. The summed E-state index contributed by atoms with van der Waals surface area (Å²) >= 11 is 0. The minimum Gasteiger partial charge on any atom is -0.480 e. The molecule has 2 rings (SSSR count). The summed E-state index contributed by atoms with van der Waals surface area (Å²) in [5.41, 5.74) is 0. The van der Waals surface area contributed by atoms with Gasteiger partial charge in [0.1, 0.15) is 12.6 Å². The van der Waals surface area contributed by atoms with E-state index in [9.17, 15) is 19.2 Å². The summed E-state index contributed by atoms with van der Waals surface area (Å²) < 4.78 is 4.64. The number of nitrogens with zero attached hydrogens (tertiary/aromatic N) is 2. The second-order valence-corrected chi connectivity index (χ2v) is 5.02. The van der Waals surface area contributed by atoms with Crippen LogP contribution in [0.1, 0.15) is 6.42 Å². The number of carboxylic acid groups (broad SMARTS) is 1. The van der Waals surface area contributed by atoms with E-state index in [1.54, 1.807) is 0 Å². The molecule has 0 spiro atoms. The van der Waals surface area contributed by atoms with Gasteiger partial charge in [-0.3, -0.25) is 14.5 Å². The van der Waals surface area contributed by atoms with E-state index >= 15 is 0 Å². The third-order valence-electron chi connectivity index (χ3n) is 3.71. The van der Waals surface area contributed by atoms with Crippen molar-refractivity contribution in [2.24, 2.45) is 5.92 Å². The fourth-order valence-electron chi connectivity index (χ4n) is 2.54. The molecule has 9 heteroatoms. The van der Waals surface area contributed by atoms with Crippen LogP contribution in [0.5, 0.6) is 0 Å². The fourth-order valence-corrected chi connectivity index (χ4v) is 2.54. The van der Waals surface area contributed by atoms with Gasteiger partial charge in [-0.2, -0.15) is 0 Å². The number of hydrogen-bond acceptors (Lipinski definition) is 5. The van der Waals surface area contributed by atoms with Crippen LogP contribution in [0.15, 0.2) is 0 Å². The molecule has 2 aliphatic rings. The van der Waals surface area contributed by atoms with Gasteiger partial charge in [-0.15, -0.1) is 0 Å². The molecule has 2 fully saturated rings. The van der Waals surface area contributed by atoms with Crippen molar-refractivity contribution in [2.45, 2.75) is 12.5 Å². The van der Waals surface area contributed by atoms with E-state index in [1.165, 1.54) is 12.0 Å². The summed E-state index contributed by atoms with van der Waals surface area (Å²) in [6, 6.07) is -1.63. The third-order valence-corrected chi connectivity index (χ3v) is 3.71. The van der Waals surface area contributed by atoms with Crippen molar-refractivity contribution < 1.29 is 29.0 Å². The maximum atomic E-state index is 12.4. The molecule has 0 bridgehead atoms. The van der Waals surface area contributed by atoms with Crippen LogP contribution in [0.25, 0.3) is 0 Å². The summed E-state index contributed by atoms with van der Waals surface area (Å²) in [5.74, 6) is -2.37. The van der Waals surface area contributed by atoms with E-state index in [-0.39, 0.29) is 19.6 Å². The molecular formula is C12H17N3O6. The zero-order valence-corrected chi connectivity index (χ0v) is 11.6. The van der Waals surface area contributed by atoms with Gasteiger partial charge < -0.3 is 20.1 Å². The summed E-state index contributed by atoms with van der Waals surface area (Å²) in [4.78, 5) is 48.8. The Balaban J connectivity index is 2.06. The predicted molar refractivity (Wildman–Crippen MR) is 68.2 cm³/mol. The highest BCUT2D eigenvalue weighted by Gasteiger charge is 2.40. The number of rotatable bonds is 2. The highest BCUT2D eigenvalue weighted by molar-refractivity contribution is 5.91. The number of piperazine rings is 1. The van der Waals surface area contributed by atoms with Crippen LogP contribution < -0.4 is 5.32 Å². The average molecular weight is 299 g/mol. The van der Waals surface area contributed by atoms with E-state index in [0.717, 1.165) is 4.90 Å². The van der Waals surface area contributed by atoms with Gasteiger partial charge in [-0.25, -0.2) is 9.59 Å². The molecule has 0 radical (unpaired) electrons. The SMILES string of the molecule is COC(=O)C1CCN(C(=O)N2CC(=O)NCC2C(=O)O)C1. The number of methoxy groups -OCH3 is 1. The van der Waals surface area contributed by atoms with E-state index in [2.05, 4.69) is 10.1 Å². The Labute approximate surface area is 120 Å². The molecule has 21 heavy (non-hydrogen) atoms. The Hall–Kier alpha value is -2.32. The Morgan fingerprint density at radius 3 is 2.71 bits per heavy atom. The van der Waals surface area contributed by atoms with Gasteiger partial charge in [0.15, 0.2) is 0 Å². The second kappa shape index (κ2) is 5.98. The lowest BCUT2D eigenvalue weighted by atomic mass is 10.1. The molecule has 9 nitrogen and oxygen atoms in total. The third kappa shape index (κ3) is 3.06. The van der Waals surface area contributed by atoms with Crippen LogP contribution in [0.3, 0.4) is 0 Å². The van der Waals surface area contributed by atoms with Crippen LogP contribution in [0, 0.1) is 5.92 Å². The first-order chi connectivity index (χ1) is 9.93. The molecule has 0 aromatic carbocycles. The highest BCUT2D eigenvalue weighted by atomic mass is 16.5. The van der Waals surface area contributed by atoms with Crippen LogP contribution >= 0.6 is 0 Å². The molecular weight excluding hydrogens is 282 g/mol. The van der Waals surface area contributed by atoms with Gasteiger partial charge >= 0.3 is 18.0 Å². The number of amides is 3. The van der Waals surface area contributed by atoms with Crippen LogP contribution in [0.2, 0.25) is 0 Å². The molecule has 0 aromatic rings. The second-order valence-electron chi connectivity index (χ2n) is 5.02. The van der Waals surface area contributed by atoms with Gasteiger partial charge in [0.25, 0.3) is 0 Å². The number of hydrogen-bond donors (Lipinski definition) is 2. The lowest BCUT2D eigenvalue weighted by Crippen LogP contribution is -2.61. The fraction of sp³-hybridized carbons (Fsp3) is 0.667. The van der Waals surface area contributed by atoms with E-state index < -0.39 is 35.8 Å². The molecule has 0 saturated carbocycles. The molecule has 2 atom stereocenters. The standard InChI is InChI=1S/C12H17N3O6/c1-21-11(19)7-2-3-14(5-7)12(20)15-6-9(16)13-4-8(15)10(17)18/h7-8H,2-6H2,1H3,(H,13,16)(H,17,18). The van der Waals surface area contributed by atoms with Crippen molar-refractivity contribution >= 4 is 23.9 Å². The number of nitrogens with one attached hydrogen (secondary N) is 1. The molecule has 3 amide bonds. The number of urea groups is 1. The quantitative estimate of drug-likeness (QED) is 0.599. The number of carbonyl (C=O) groups is 4. The van der Waals surface area contributed by atoms with Crippen molar-refractivity contribution in [2.75, 3.05) is 33.3 Å². The maximum Gasteiger partial charge on any atom is 0.328 e. The lowest BCUT2D eigenvalue weighted by molar-refractivity contribution is -0.146. The van der Waals surface area contributed by atoms with E-state index in [0.29, 0.717) is 13.0 Å². The molecule has 2 saturated heterocycles. The van der Waals surface area contributed by atoms with Gasteiger partial charge in [-0.05, 0) is 6.42 Å². The topological polar surface area (TPSA) is 116 Å². The normalized spacial score (nSPS) is 25.5. The zero-order valence-electron chi connectivity index (χ0n) is 11.6. The van der Waals surface area contributed by atoms with Gasteiger partial charge in [0, 0.05) is 19.6 Å². The Bertz CT molecular complexity index is 480. The molecule has 2 unspecified atom stereocenters. The summed E-state index contributed by atoms with van der Waals surface area (Å²) in [6.07, 6.45) is 0.468. The van der Waals surface area contributed by atoms with Crippen molar-refractivity contribution in [3.63, 3.8) is 0 Å². The van der Waals surface area contributed by atoms with Crippen molar-refractivity contribution in [1.29, 1.82) is 0 Å². The molecule has 116 valence electrons. The summed E-state index contributed by atoms with van der Waals surface area (Å²) in [7, 11) is 1.28. The number of carbonyl (C=O) groups excluding carboxylic acids is 3. The van der Waals surface area contributed by atoms with Gasteiger partial charge in [-0.1, -0.05) is 0 Å². The first-order valence-corrected chi connectivity index (χ1v) is 6.57. The first kappa shape index (κ1) is 15.1. The molecule has 2 aliphatic heterocycles. The number of esters is 1. The van der Waals surface area contributed by atoms with E-state index in [1.807, 2.05) is 0 Å². The van der Waals surface area contributed by atoms with Crippen molar-refractivity contribution in [1.82, 2.24) is 15.1 Å². The lowest BCUT2D eigenvalue weighted by Gasteiger charge is -2.35. The Morgan fingerprint density at radius 1 is 1.38 bits per heavy atom. The predicted octanol–water partition coefficient (Wildman–Crippen LogP) is -1.51. The minimum absolute atomic E-state index is 0.117. The van der Waals surface area contributed by atoms with Crippen LogP contribution in [-0.4, -0.2) is 78.1 Å². The highest BCUT2D eigenvalue weighted by Crippen LogP contribution is 2.20. The smallest absolute Gasteiger partial charge is 0.328 e. The molecule has 2 heterocycles.